The van der Waals surface area contributed by atoms with Gasteiger partial charge in [0.05, 0.1) is 11.7 Å². The number of carbonyl (C=O) groups excluding carboxylic acids is 1. The quantitative estimate of drug-likeness (QED) is 0.941. The van der Waals surface area contributed by atoms with Crippen LogP contribution < -0.4 is 5.32 Å². The molecule has 1 amide bonds. The predicted octanol–water partition coefficient (Wildman–Crippen LogP) is 2.30. The molecule has 1 atom stereocenters. The van der Waals surface area contributed by atoms with Gasteiger partial charge in [-0.1, -0.05) is 49.3 Å². The van der Waals surface area contributed by atoms with E-state index in [1.807, 2.05) is 36.4 Å². The largest absolute Gasteiger partial charge is 0.356 e. The third kappa shape index (κ3) is 3.04. The molecular formula is C17H21N3O2. The minimum Gasteiger partial charge on any atom is -0.356 e. The third-order valence-electron chi connectivity index (χ3n) is 3.97. The Morgan fingerprint density at radius 1 is 1.36 bits per heavy atom. The van der Waals surface area contributed by atoms with Crippen molar-refractivity contribution >= 4 is 5.91 Å². The van der Waals surface area contributed by atoms with Crippen molar-refractivity contribution in [2.24, 2.45) is 5.92 Å². The van der Waals surface area contributed by atoms with E-state index in [9.17, 15) is 4.79 Å². The maximum absolute atomic E-state index is 12.1. The van der Waals surface area contributed by atoms with Crippen LogP contribution >= 0.6 is 0 Å². The molecule has 22 heavy (non-hydrogen) atoms. The average Bonchev–Trinajstić information content (AvgIpc) is 2.96. The first kappa shape index (κ1) is 14.8. The number of piperazine rings is 1. The molecule has 0 radical (unpaired) electrons. The SMILES string of the molecule is CC(C)C1C(=O)NCCN1Cc1cc(-c2ccccc2)on1. The molecule has 2 heterocycles. The second-order valence-corrected chi connectivity index (χ2v) is 6.00. The minimum atomic E-state index is -0.106. The molecule has 1 aliphatic rings. The van der Waals surface area contributed by atoms with Crippen molar-refractivity contribution in [2.75, 3.05) is 13.1 Å². The standard InChI is InChI=1S/C17H21N3O2/c1-12(2)16-17(21)18-8-9-20(16)11-14-10-15(22-19-14)13-6-4-3-5-7-13/h3-7,10,12,16H,8-9,11H2,1-2H3,(H,18,21). The molecule has 0 bridgehead atoms. The van der Waals surface area contributed by atoms with E-state index in [2.05, 4.69) is 29.2 Å². The molecule has 1 N–H and O–H groups in total. The Kier molecular flexibility index (Phi) is 4.24. The summed E-state index contributed by atoms with van der Waals surface area (Å²) in [4.78, 5) is 14.2. The molecule has 0 saturated carbocycles. The molecule has 5 nitrogen and oxygen atoms in total. The molecule has 116 valence electrons. The number of carbonyl (C=O) groups is 1. The van der Waals surface area contributed by atoms with Gasteiger partial charge in [0.25, 0.3) is 0 Å². The summed E-state index contributed by atoms with van der Waals surface area (Å²) in [5, 5.41) is 7.09. The van der Waals surface area contributed by atoms with Crippen LogP contribution in [-0.4, -0.2) is 35.1 Å². The summed E-state index contributed by atoms with van der Waals surface area (Å²) in [5.41, 5.74) is 1.87. The molecule has 1 saturated heterocycles. The summed E-state index contributed by atoms with van der Waals surface area (Å²) in [6.07, 6.45) is 0. The number of benzene rings is 1. The van der Waals surface area contributed by atoms with Crippen molar-refractivity contribution < 1.29 is 9.32 Å². The fourth-order valence-corrected chi connectivity index (χ4v) is 2.97. The van der Waals surface area contributed by atoms with Gasteiger partial charge in [0.1, 0.15) is 0 Å². The molecule has 1 unspecified atom stereocenters. The summed E-state index contributed by atoms with van der Waals surface area (Å²) in [5.74, 6) is 1.13. The Bertz CT molecular complexity index is 636. The number of amides is 1. The summed E-state index contributed by atoms with van der Waals surface area (Å²) in [6.45, 7) is 6.29. The van der Waals surface area contributed by atoms with Crippen LogP contribution in [0.4, 0.5) is 0 Å². The van der Waals surface area contributed by atoms with Crippen LogP contribution in [0.25, 0.3) is 11.3 Å². The van der Waals surface area contributed by atoms with E-state index in [1.165, 1.54) is 0 Å². The fraction of sp³-hybridized carbons (Fsp3) is 0.412. The van der Waals surface area contributed by atoms with Gasteiger partial charge in [0.2, 0.25) is 5.91 Å². The maximum atomic E-state index is 12.1. The highest BCUT2D eigenvalue weighted by molar-refractivity contribution is 5.82. The highest BCUT2D eigenvalue weighted by Crippen LogP contribution is 2.22. The van der Waals surface area contributed by atoms with Gasteiger partial charge in [-0.05, 0) is 5.92 Å². The zero-order valence-electron chi connectivity index (χ0n) is 13.0. The average molecular weight is 299 g/mol. The lowest BCUT2D eigenvalue weighted by Gasteiger charge is -2.36. The number of nitrogens with one attached hydrogen (secondary N) is 1. The summed E-state index contributed by atoms with van der Waals surface area (Å²) >= 11 is 0. The third-order valence-corrected chi connectivity index (χ3v) is 3.97. The second kappa shape index (κ2) is 6.32. The smallest absolute Gasteiger partial charge is 0.237 e. The van der Waals surface area contributed by atoms with E-state index in [1.54, 1.807) is 0 Å². The lowest BCUT2D eigenvalue weighted by Crippen LogP contribution is -2.56. The molecule has 0 spiro atoms. The molecule has 0 aliphatic carbocycles. The van der Waals surface area contributed by atoms with Gasteiger partial charge in [-0.3, -0.25) is 9.69 Å². The molecule has 1 fully saturated rings. The molecule has 1 aromatic carbocycles. The molecule has 2 aromatic rings. The van der Waals surface area contributed by atoms with Gasteiger partial charge in [-0.15, -0.1) is 0 Å². The normalized spacial score (nSPS) is 19.4. The van der Waals surface area contributed by atoms with Crippen LogP contribution in [0.2, 0.25) is 0 Å². The Labute approximate surface area is 130 Å². The van der Waals surface area contributed by atoms with Crippen molar-refractivity contribution in [3.05, 3.63) is 42.1 Å². The molecular weight excluding hydrogens is 278 g/mol. The van der Waals surface area contributed by atoms with E-state index < -0.39 is 0 Å². The Balaban J connectivity index is 1.75. The van der Waals surface area contributed by atoms with Crippen molar-refractivity contribution in [3.8, 4) is 11.3 Å². The number of rotatable bonds is 4. The first-order valence-electron chi connectivity index (χ1n) is 7.68. The second-order valence-electron chi connectivity index (χ2n) is 6.00. The summed E-state index contributed by atoms with van der Waals surface area (Å²) in [7, 11) is 0. The van der Waals surface area contributed by atoms with E-state index in [-0.39, 0.29) is 17.9 Å². The van der Waals surface area contributed by atoms with Gasteiger partial charge >= 0.3 is 0 Å². The zero-order chi connectivity index (χ0) is 15.5. The molecule has 1 aliphatic heterocycles. The van der Waals surface area contributed by atoms with Gasteiger partial charge < -0.3 is 9.84 Å². The predicted molar refractivity (Wildman–Crippen MR) is 84.0 cm³/mol. The Hall–Kier alpha value is -2.14. The van der Waals surface area contributed by atoms with Crippen LogP contribution in [0.3, 0.4) is 0 Å². The topological polar surface area (TPSA) is 58.4 Å². The fourth-order valence-electron chi connectivity index (χ4n) is 2.97. The highest BCUT2D eigenvalue weighted by atomic mass is 16.5. The van der Waals surface area contributed by atoms with E-state index >= 15 is 0 Å². The number of nitrogens with zero attached hydrogens (tertiary/aromatic N) is 2. The van der Waals surface area contributed by atoms with E-state index in [0.717, 1.165) is 23.6 Å². The van der Waals surface area contributed by atoms with Crippen molar-refractivity contribution in [1.29, 1.82) is 0 Å². The van der Waals surface area contributed by atoms with E-state index in [0.29, 0.717) is 13.1 Å². The number of hydrogen-bond donors (Lipinski definition) is 1. The summed E-state index contributed by atoms with van der Waals surface area (Å²) < 4.78 is 5.44. The monoisotopic (exact) mass is 299 g/mol. The maximum Gasteiger partial charge on any atom is 0.237 e. The van der Waals surface area contributed by atoms with Crippen LogP contribution in [0.15, 0.2) is 40.9 Å². The molecule has 5 heteroatoms. The first-order valence-corrected chi connectivity index (χ1v) is 7.68. The lowest BCUT2D eigenvalue weighted by atomic mass is 9.99. The number of aromatic nitrogens is 1. The molecule has 3 rings (SSSR count). The van der Waals surface area contributed by atoms with E-state index in [4.69, 9.17) is 4.52 Å². The Morgan fingerprint density at radius 3 is 2.86 bits per heavy atom. The van der Waals surface area contributed by atoms with Gasteiger partial charge in [0, 0.05) is 31.3 Å². The van der Waals surface area contributed by atoms with Crippen LogP contribution in [-0.2, 0) is 11.3 Å². The van der Waals surface area contributed by atoms with Crippen LogP contribution in [0, 0.1) is 5.92 Å². The Morgan fingerprint density at radius 2 is 2.14 bits per heavy atom. The van der Waals surface area contributed by atoms with Crippen LogP contribution in [0.1, 0.15) is 19.5 Å². The lowest BCUT2D eigenvalue weighted by molar-refractivity contribution is -0.131. The van der Waals surface area contributed by atoms with Gasteiger partial charge in [-0.25, -0.2) is 0 Å². The van der Waals surface area contributed by atoms with Crippen molar-refractivity contribution in [3.63, 3.8) is 0 Å². The van der Waals surface area contributed by atoms with Crippen molar-refractivity contribution in [2.45, 2.75) is 26.4 Å². The van der Waals surface area contributed by atoms with Crippen LogP contribution in [0.5, 0.6) is 0 Å². The molecule has 1 aromatic heterocycles. The zero-order valence-corrected chi connectivity index (χ0v) is 13.0. The number of hydrogen-bond acceptors (Lipinski definition) is 4. The van der Waals surface area contributed by atoms with Gasteiger partial charge in [0.15, 0.2) is 5.76 Å². The highest BCUT2D eigenvalue weighted by Gasteiger charge is 2.32. The first-order chi connectivity index (χ1) is 10.6. The minimum absolute atomic E-state index is 0.105. The van der Waals surface area contributed by atoms with Crippen molar-refractivity contribution in [1.82, 2.24) is 15.4 Å². The van der Waals surface area contributed by atoms with Gasteiger partial charge in [-0.2, -0.15) is 0 Å². The summed E-state index contributed by atoms with van der Waals surface area (Å²) in [6, 6.07) is 11.8.